The molecule has 0 bridgehead atoms. The van der Waals surface area contributed by atoms with E-state index in [2.05, 4.69) is 45.7 Å². The van der Waals surface area contributed by atoms with E-state index in [1.807, 2.05) is 29.5 Å². The minimum atomic E-state index is -1.50. The molecule has 4 aromatic rings. The Morgan fingerprint density at radius 3 is 2.22 bits per heavy atom. The van der Waals surface area contributed by atoms with Gasteiger partial charge in [-0.15, -0.1) is 5.10 Å². The third-order valence-electron chi connectivity index (χ3n) is 10.8. The molecule has 1 aromatic heterocycles. The molecule has 3 aliphatic heterocycles. The highest BCUT2D eigenvalue weighted by Gasteiger charge is 2.45. The van der Waals surface area contributed by atoms with Gasteiger partial charge in [-0.3, -0.25) is 14.5 Å². The van der Waals surface area contributed by atoms with E-state index in [-0.39, 0.29) is 23.8 Å². The highest BCUT2D eigenvalue weighted by atomic mass is 19.2. The van der Waals surface area contributed by atoms with Gasteiger partial charge in [0.05, 0.1) is 11.7 Å². The summed E-state index contributed by atoms with van der Waals surface area (Å²) in [4.78, 5) is 33.3. The average Bonchev–Trinajstić information content (AvgIpc) is 3.86. The van der Waals surface area contributed by atoms with Crippen LogP contribution >= 0.6 is 0 Å². The van der Waals surface area contributed by atoms with Crippen LogP contribution in [0.15, 0.2) is 72.9 Å². The Hall–Kier alpha value is -4.51. The Bertz CT molecular complexity index is 1810. The quantitative estimate of drug-likeness (QED) is 0.208. The van der Waals surface area contributed by atoms with Gasteiger partial charge in [0, 0.05) is 67.4 Å². The summed E-state index contributed by atoms with van der Waals surface area (Å²) in [7, 11) is 0. The van der Waals surface area contributed by atoms with E-state index in [4.69, 9.17) is 0 Å². The molecule has 0 spiro atoms. The van der Waals surface area contributed by atoms with Crippen molar-refractivity contribution >= 4 is 11.8 Å². The van der Waals surface area contributed by atoms with Gasteiger partial charge in [0.1, 0.15) is 0 Å². The number of nitrogens with zero attached hydrogens (tertiary/aromatic N) is 6. The summed E-state index contributed by atoms with van der Waals surface area (Å²) < 4.78 is 43.7. The molecule has 2 amide bonds. The minimum absolute atomic E-state index is 0.132. The lowest BCUT2D eigenvalue weighted by molar-refractivity contribution is 0.0635. The average molecular weight is 671 g/mol. The Morgan fingerprint density at radius 1 is 0.816 bits per heavy atom. The van der Waals surface area contributed by atoms with Crippen LogP contribution in [0.4, 0.5) is 13.2 Å². The molecule has 4 heterocycles. The van der Waals surface area contributed by atoms with Crippen molar-refractivity contribution in [3.05, 3.63) is 118 Å². The first-order chi connectivity index (χ1) is 23.6. The number of hydrogen-bond acceptors (Lipinski definition) is 5. The van der Waals surface area contributed by atoms with Crippen molar-refractivity contribution in [3.8, 4) is 0 Å². The van der Waals surface area contributed by atoms with Crippen LogP contribution in [-0.2, 0) is 6.54 Å². The molecular formula is C38H41F3N6O2. The monoisotopic (exact) mass is 670 g/mol. The van der Waals surface area contributed by atoms with Gasteiger partial charge in [0.25, 0.3) is 11.8 Å². The van der Waals surface area contributed by atoms with Crippen LogP contribution in [0, 0.1) is 17.5 Å². The molecule has 7 rings (SSSR count). The van der Waals surface area contributed by atoms with E-state index in [9.17, 15) is 22.8 Å². The number of carbonyl (C=O) groups is 2. The van der Waals surface area contributed by atoms with Crippen LogP contribution in [0.2, 0.25) is 0 Å². The molecule has 0 radical (unpaired) electrons. The zero-order valence-corrected chi connectivity index (χ0v) is 27.9. The summed E-state index contributed by atoms with van der Waals surface area (Å²) in [6, 6.07) is 19.4. The summed E-state index contributed by atoms with van der Waals surface area (Å²) in [5.41, 5.74) is 2.67. The molecule has 11 heteroatoms. The molecule has 3 aliphatic rings. The third kappa shape index (κ3) is 6.60. The normalized spacial score (nSPS) is 21.4. The predicted octanol–water partition coefficient (Wildman–Crippen LogP) is 6.57. The van der Waals surface area contributed by atoms with Gasteiger partial charge >= 0.3 is 0 Å². The van der Waals surface area contributed by atoms with Crippen molar-refractivity contribution < 1.29 is 22.8 Å². The van der Waals surface area contributed by atoms with Crippen molar-refractivity contribution in [2.45, 2.75) is 69.5 Å². The van der Waals surface area contributed by atoms with Gasteiger partial charge in [0.15, 0.2) is 17.5 Å². The molecular weight excluding hydrogens is 629 g/mol. The van der Waals surface area contributed by atoms with E-state index >= 15 is 0 Å². The molecule has 8 nitrogen and oxygen atoms in total. The maximum atomic E-state index is 14.0. The van der Waals surface area contributed by atoms with Crippen molar-refractivity contribution in [1.29, 1.82) is 0 Å². The maximum Gasteiger partial charge on any atom is 0.254 e. The van der Waals surface area contributed by atoms with E-state index in [1.54, 1.807) is 29.2 Å². The summed E-state index contributed by atoms with van der Waals surface area (Å²) in [6.45, 7) is 8.11. The standard InChI is InChI=1S/C38H41F3N6O2/c1-38(2)31(29-20-32(39)35(41)33(40)21-29)14-18-46(38)37(49)27-10-6-9-26(19-27)36(48)45-16-12-30(13-17-45)47-24-34(42-43-47)28-11-15-44(23-28)22-25-7-4-3-5-8-25/h3-10,19-21,24,28,30-31H,11-18,22-23H2,1-2H3. The van der Waals surface area contributed by atoms with Gasteiger partial charge < -0.3 is 9.80 Å². The lowest BCUT2D eigenvalue weighted by Crippen LogP contribution is -2.45. The molecule has 2 atom stereocenters. The van der Waals surface area contributed by atoms with E-state index < -0.39 is 23.0 Å². The van der Waals surface area contributed by atoms with E-state index in [1.165, 1.54) is 5.56 Å². The van der Waals surface area contributed by atoms with Crippen molar-refractivity contribution in [2.24, 2.45) is 0 Å². The number of amides is 2. The maximum absolute atomic E-state index is 14.0. The molecule has 3 fully saturated rings. The van der Waals surface area contributed by atoms with Crippen molar-refractivity contribution in [2.75, 3.05) is 32.7 Å². The smallest absolute Gasteiger partial charge is 0.254 e. The first-order valence-corrected chi connectivity index (χ1v) is 17.1. The van der Waals surface area contributed by atoms with Gasteiger partial charge in [-0.1, -0.05) is 41.6 Å². The van der Waals surface area contributed by atoms with Crippen LogP contribution < -0.4 is 0 Å². The van der Waals surface area contributed by atoms with Crippen LogP contribution in [-0.4, -0.2) is 79.8 Å². The molecule has 0 saturated carbocycles. The van der Waals surface area contributed by atoms with Crippen LogP contribution in [0.5, 0.6) is 0 Å². The Morgan fingerprint density at radius 2 is 1.51 bits per heavy atom. The summed E-state index contributed by atoms with van der Waals surface area (Å²) in [5, 5.41) is 9.03. The number of aromatic nitrogens is 3. The first kappa shape index (κ1) is 33.0. The van der Waals surface area contributed by atoms with Crippen LogP contribution in [0.25, 0.3) is 0 Å². The molecule has 2 unspecified atom stereocenters. The molecule has 0 aliphatic carbocycles. The van der Waals surface area contributed by atoms with Gasteiger partial charge in [0.2, 0.25) is 0 Å². The minimum Gasteiger partial charge on any atom is -0.338 e. The SMILES string of the molecule is CC1(C)C(c2cc(F)c(F)c(F)c2)CCN1C(=O)c1cccc(C(=O)N2CCC(n3cc(C4CCN(Cc5ccccc5)C4)nn3)CC2)c1. The second-order valence-corrected chi connectivity index (χ2v) is 14.2. The second-order valence-electron chi connectivity index (χ2n) is 14.2. The summed E-state index contributed by atoms with van der Waals surface area (Å²) in [5.74, 6) is -4.42. The number of piperidine rings is 1. The number of hydrogen-bond donors (Lipinski definition) is 0. The van der Waals surface area contributed by atoms with Gasteiger partial charge in [-0.2, -0.15) is 0 Å². The highest BCUT2D eigenvalue weighted by Crippen LogP contribution is 2.43. The largest absolute Gasteiger partial charge is 0.338 e. The fourth-order valence-electron chi connectivity index (χ4n) is 7.97. The van der Waals surface area contributed by atoms with E-state index in [0.29, 0.717) is 48.7 Å². The number of benzene rings is 3. The lowest BCUT2D eigenvalue weighted by atomic mass is 9.82. The van der Waals surface area contributed by atoms with Crippen LogP contribution in [0.3, 0.4) is 0 Å². The summed E-state index contributed by atoms with van der Waals surface area (Å²) in [6.07, 6.45) is 5.13. The van der Waals surface area contributed by atoms with Crippen molar-refractivity contribution in [3.63, 3.8) is 0 Å². The fraction of sp³-hybridized carbons (Fsp3) is 0.421. The fourth-order valence-corrected chi connectivity index (χ4v) is 7.97. The Labute approximate surface area is 284 Å². The second kappa shape index (κ2) is 13.4. The van der Waals surface area contributed by atoms with Crippen LogP contribution in [0.1, 0.15) is 94.9 Å². The zero-order valence-electron chi connectivity index (χ0n) is 27.9. The zero-order chi connectivity index (χ0) is 34.3. The molecule has 49 heavy (non-hydrogen) atoms. The van der Waals surface area contributed by atoms with Gasteiger partial charge in [-0.25, -0.2) is 17.9 Å². The van der Waals surface area contributed by atoms with Gasteiger partial charge in [-0.05, 0) is 87.5 Å². The Balaban J connectivity index is 0.952. The molecule has 256 valence electrons. The first-order valence-electron chi connectivity index (χ1n) is 17.1. The highest BCUT2D eigenvalue weighted by molar-refractivity contribution is 6.00. The number of likely N-dealkylation sites (tertiary alicyclic amines) is 3. The van der Waals surface area contributed by atoms with Crippen molar-refractivity contribution in [1.82, 2.24) is 29.7 Å². The predicted molar refractivity (Wildman–Crippen MR) is 179 cm³/mol. The lowest BCUT2D eigenvalue weighted by Gasteiger charge is -2.36. The van der Waals surface area contributed by atoms with E-state index in [0.717, 1.165) is 56.7 Å². The number of carbonyl (C=O) groups excluding carboxylic acids is 2. The third-order valence-corrected chi connectivity index (χ3v) is 10.8. The number of rotatable bonds is 7. The topological polar surface area (TPSA) is 74.6 Å². The molecule has 3 saturated heterocycles. The Kier molecular flexibility index (Phi) is 9.04. The summed E-state index contributed by atoms with van der Waals surface area (Å²) >= 11 is 0. The molecule has 0 N–H and O–H groups in total. The molecule has 3 aromatic carbocycles. The number of halogens is 3.